The number of anilines is 1. The predicted octanol–water partition coefficient (Wildman–Crippen LogP) is 3.15. The number of hydrogen-bond donors (Lipinski definition) is 0. The largest absolute Gasteiger partial charge is 0.378 e. The van der Waals surface area contributed by atoms with E-state index in [2.05, 4.69) is 50.2 Å². The third-order valence-corrected chi connectivity index (χ3v) is 7.69. The molecule has 3 aromatic rings. The van der Waals surface area contributed by atoms with Crippen LogP contribution in [0.4, 0.5) is 5.95 Å². The van der Waals surface area contributed by atoms with Crippen molar-refractivity contribution in [3.8, 4) is 5.69 Å². The number of para-hydroxylation sites is 1. The molecule has 4 heterocycles. The van der Waals surface area contributed by atoms with Crippen LogP contribution >= 0.6 is 23.1 Å². The number of carbonyl (C=O) groups is 1. The van der Waals surface area contributed by atoms with Crippen LogP contribution in [-0.4, -0.2) is 64.2 Å². The van der Waals surface area contributed by atoms with Gasteiger partial charge in [0.1, 0.15) is 0 Å². The molecule has 0 N–H and O–H groups in total. The van der Waals surface area contributed by atoms with E-state index >= 15 is 0 Å². The van der Waals surface area contributed by atoms with E-state index in [1.165, 1.54) is 22.2 Å². The lowest BCUT2D eigenvalue weighted by Gasteiger charge is -2.28. The summed E-state index contributed by atoms with van der Waals surface area (Å²) in [5.41, 5.74) is 3.48. The van der Waals surface area contributed by atoms with Gasteiger partial charge in [0.05, 0.1) is 24.7 Å². The topological polar surface area (TPSA) is 63.5 Å². The summed E-state index contributed by atoms with van der Waals surface area (Å²) in [4.78, 5) is 18.5. The number of nitrogens with zero attached hydrogens (tertiary/aromatic N) is 5. The number of thioether (sulfide) groups is 1. The van der Waals surface area contributed by atoms with E-state index in [0.717, 1.165) is 48.4 Å². The number of carbonyl (C=O) groups excluding carboxylic acids is 1. The average molecular weight is 456 g/mol. The van der Waals surface area contributed by atoms with Gasteiger partial charge in [-0.2, -0.15) is 0 Å². The maximum atomic E-state index is 13.0. The highest BCUT2D eigenvalue weighted by atomic mass is 32.2. The molecular weight excluding hydrogens is 430 g/mol. The fourth-order valence-electron chi connectivity index (χ4n) is 4.03. The molecule has 0 bridgehead atoms. The fourth-order valence-corrected chi connectivity index (χ4v) is 5.76. The Morgan fingerprint density at radius 3 is 2.84 bits per heavy atom. The van der Waals surface area contributed by atoms with Crippen LogP contribution in [0.2, 0.25) is 0 Å². The lowest BCUT2D eigenvalue weighted by Crippen LogP contribution is -2.38. The monoisotopic (exact) mass is 455 g/mol. The van der Waals surface area contributed by atoms with Crippen LogP contribution in [0.25, 0.3) is 5.69 Å². The molecular formula is C22H25N5O2S2. The Balaban J connectivity index is 1.37. The molecule has 5 rings (SSSR count). The minimum Gasteiger partial charge on any atom is -0.378 e. The normalized spacial score (nSPS) is 16.4. The van der Waals surface area contributed by atoms with Gasteiger partial charge in [-0.3, -0.25) is 9.36 Å². The van der Waals surface area contributed by atoms with Gasteiger partial charge < -0.3 is 14.5 Å². The minimum absolute atomic E-state index is 0.147. The molecule has 1 amide bonds. The first-order valence-corrected chi connectivity index (χ1v) is 12.4. The Kier molecular flexibility index (Phi) is 5.97. The number of morpholine rings is 1. The third kappa shape index (κ3) is 4.22. The first kappa shape index (κ1) is 20.5. The molecule has 0 saturated carbocycles. The first-order chi connectivity index (χ1) is 15.2. The van der Waals surface area contributed by atoms with Crippen molar-refractivity contribution in [3.05, 3.63) is 51.7 Å². The summed E-state index contributed by atoms with van der Waals surface area (Å²) in [5, 5.41) is 11.9. The second kappa shape index (κ2) is 9.02. The Morgan fingerprint density at radius 2 is 2.00 bits per heavy atom. The molecule has 1 aromatic carbocycles. The molecule has 0 atom stereocenters. The van der Waals surface area contributed by atoms with Crippen LogP contribution < -0.4 is 4.90 Å². The van der Waals surface area contributed by atoms with E-state index in [4.69, 9.17) is 4.74 Å². The Morgan fingerprint density at radius 1 is 1.16 bits per heavy atom. The van der Waals surface area contributed by atoms with E-state index < -0.39 is 0 Å². The van der Waals surface area contributed by atoms with Crippen molar-refractivity contribution in [2.45, 2.75) is 25.0 Å². The summed E-state index contributed by atoms with van der Waals surface area (Å²) in [5.74, 6) is 1.31. The lowest BCUT2D eigenvalue weighted by molar-refractivity contribution is -0.129. The van der Waals surface area contributed by atoms with Gasteiger partial charge in [0.2, 0.25) is 11.9 Å². The Labute approximate surface area is 190 Å². The number of fused-ring (bicyclic) bond motifs is 1. The number of ether oxygens (including phenoxy) is 1. The number of amides is 1. The lowest BCUT2D eigenvalue weighted by atomic mass is 10.1. The maximum absolute atomic E-state index is 13.0. The molecule has 1 fully saturated rings. The van der Waals surface area contributed by atoms with Gasteiger partial charge in [-0.1, -0.05) is 30.0 Å². The maximum Gasteiger partial charge on any atom is 0.233 e. The summed E-state index contributed by atoms with van der Waals surface area (Å²) in [6.45, 7) is 6.51. The molecule has 2 aliphatic rings. The summed E-state index contributed by atoms with van der Waals surface area (Å²) in [7, 11) is 0. The first-order valence-electron chi connectivity index (χ1n) is 10.5. The van der Waals surface area contributed by atoms with Gasteiger partial charge in [-0.25, -0.2) is 0 Å². The van der Waals surface area contributed by atoms with Crippen molar-refractivity contribution in [3.63, 3.8) is 0 Å². The standard InChI is InChI=1S/C22H25N5O2S2/c1-16-4-2-3-5-18(16)27-21(25-9-11-29-12-10-25)23-24-22(27)31-15-20(28)26-8-6-19-17(14-26)7-13-30-19/h2-5,7,13H,6,8-12,14-15H2,1H3. The van der Waals surface area contributed by atoms with Crippen molar-refractivity contribution >= 4 is 35.0 Å². The summed E-state index contributed by atoms with van der Waals surface area (Å²) in [6, 6.07) is 10.4. The highest BCUT2D eigenvalue weighted by Gasteiger charge is 2.25. The molecule has 31 heavy (non-hydrogen) atoms. The predicted molar refractivity (Wildman–Crippen MR) is 123 cm³/mol. The SMILES string of the molecule is Cc1ccccc1-n1c(SCC(=O)N2CCc3sccc3C2)nnc1N1CCOCC1. The molecule has 7 nitrogen and oxygen atoms in total. The molecule has 162 valence electrons. The summed E-state index contributed by atoms with van der Waals surface area (Å²) in [6.07, 6.45) is 0.948. The van der Waals surface area contributed by atoms with Gasteiger partial charge in [-0.15, -0.1) is 21.5 Å². The van der Waals surface area contributed by atoms with Gasteiger partial charge in [-0.05, 0) is 42.0 Å². The second-order valence-electron chi connectivity index (χ2n) is 7.73. The number of rotatable bonds is 5. The van der Waals surface area contributed by atoms with E-state index in [1.807, 2.05) is 17.0 Å². The molecule has 9 heteroatoms. The van der Waals surface area contributed by atoms with Crippen molar-refractivity contribution in [2.75, 3.05) is 43.5 Å². The average Bonchev–Trinajstić information content (AvgIpc) is 3.45. The highest BCUT2D eigenvalue weighted by molar-refractivity contribution is 7.99. The van der Waals surface area contributed by atoms with Crippen molar-refractivity contribution in [1.29, 1.82) is 0 Å². The molecule has 2 aromatic heterocycles. The van der Waals surface area contributed by atoms with Crippen LogP contribution in [-0.2, 0) is 22.5 Å². The number of thiophene rings is 1. The third-order valence-electron chi connectivity index (χ3n) is 5.75. The Bertz CT molecular complexity index is 1070. The van der Waals surface area contributed by atoms with Crippen molar-refractivity contribution in [1.82, 2.24) is 19.7 Å². The quantitative estimate of drug-likeness (QED) is 0.551. The summed E-state index contributed by atoms with van der Waals surface area (Å²) >= 11 is 3.25. The van der Waals surface area contributed by atoms with E-state index in [9.17, 15) is 4.79 Å². The Hall–Kier alpha value is -2.36. The minimum atomic E-state index is 0.147. The molecule has 1 saturated heterocycles. The van der Waals surface area contributed by atoms with Crippen LogP contribution in [0.15, 0.2) is 40.9 Å². The van der Waals surface area contributed by atoms with Gasteiger partial charge >= 0.3 is 0 Å². The highest BCUT2D eigenvalue weighted by Crippen LogP contribution is 2.30. The van der Waals surface area contributed by atoms with Gasteiger partial charge in [0, 0.05) is 31.1 Å². The zero-order chi connectivity index (χ0) is 21.2. The van der Waals surface area contributed by atoms with Crippen LogP contribution in [0, 0.1) is 6.92 Å². The summed E-state index contributed by atoms with van der Waals surface area (Å²) < 4.78 is 7.60. The van der Waals surface area contributed by atoms with Crippen molar-refractivity contribution in [2.24, 2.45) is 0 Å². The van der Waals surface area contributed by atoms with E-state index in [0.29, 0.717) is 25.5 Å². The zero-order valence-electron chi connectivity index (χ0n) is 17.5. The van der Waals surface area contributed by atoms with Crippen LogP contribution in [0.1, 0.15) is 16.0 Å². The van der Waals surface area contributed by atoms with Crippen LogP contribution in [0.5, 0.6) is 0 Å². The van der Waals surface area contributed by atoms with E-state index in [-0.39, 0.29) is 5.91 Å². The van der Waals surface area contributed by atoms with E-state index in [1.54, 1.807) is 11.3 Å². The number of hydrogen-bond acceptors (Lipinski definition) is 7. The molecule has 2 aliphatic heterocycles. The molecule has 0 aliphatic carbocycles. The molecule has 0 unspecified atom stereocenters. The fraction of sp³-hybridized carbons (Fsp3) is 0.409. The molecule has 0 radical (unpaired) electrons. The van der Waals surface area contributed by atoms with Crippen LogP contribution in [0.3, 0.4) is 0 Å². The zero-order valence-corrected chi connectivity index (χ0v) is 19.1. The van der Waals surface area contributed by atoms with Gasteiger partial charge in [0.25, 0.3) is 0 Å². The number of aromatic nitrogens is 3. The molecule has 0 spiro atoms. The number of benzene rings is 1. The van der Waals surface area contributed by atoms with Gasteiger partial charge in [0.15, 0.2) is 5.16 Å². The smallest absolute Gasteiger partial charge is 0.233 e. The second-order valence-corrected chi connectivity index (χ2v) is 9.67. The number of aryl methyl sites for hydroxylation is 1. The van der Waals surface area contributed by atoms with Crippen molar-refractivity contribution < 1.29 is 9.53 Å².